The summed E-state index contributed by atoms with van der Waals surface area (Å²) in [5.41, 5.74) is 2.29. The van der Waals surface area contributed by atoms with Crippen LogP contribution >= 0.6 is 0 Å². The van der Waals surface area contributed by atoms with E-state index >= 15 is 0 Å². The molecule has 0 spiro atoms. The van der Waals surface area contributed by atoms with Gasteiger partial charge in [-0.3, -0.25) is 9.10 Å². The van der Waals surface area contributed by atoms with Gasteiger partial charge in [-0.15, -0.1) is 0 Å². The van der Waals surface area contributed by atoms with E-state index in [9.17, 15) is 13.2 Å². The first-order valence-electron chi connectivity index (χ1n) is 7.14. The molecule has 2 aromatic rings. The van der Waals surface area contributed by atoms with E-state index in [1.54, 1.807) is 12.1 Å². The lowest BCUT2D eigenvalue weighted by Gasteiger charge is -2.24. The number of sulfonamides is 1. The largest absolute Gasteiger partial charge is 0.295 e. The maximum Gasteiger partial charge on any atom is 0.264 e. The molecule has 1 atom stereocenters. The molecule has 1 unspecified atom stereocenters. The maximum absolute atomic E-state index is 12.9. The van der Waals surface area contributed by atoms with Gasteiger partial charge in [-0.1, -0.05) is 30.3 Å². The minimum atomic E-state index is -3.62. The molecule has 1 aliphatic heterocycles. The summed E-state index contributed by atoms with van der Waals surface area (Å²) in [5.74, 6) is -0.0798. The molecule has 0 saturated heterocycles. The molecule has 0 saturated carbocycles. The second kappa shape index (κ2) is 5.25. The molecule has 0 aromatic heterocycles. The number of benzene rings is 2. The van der Waals surface area contributed by atoms with Gasteiger partial charge in [0.15, 0.2) is 5.78 Å². The molecule has 114 valence electrons. The van der Waals surface area contributed by atoms with Crippen LogP contribution in [0.5, 0.6) is 0 Å². The second-order valence-electron chi connectivity index (χ2n) is 5.56. The van der Waals surface area contributed by atoms with E-state index < -0.39 is 10.0 Å². The zero-order valence-electron chi connectivity index (χ0n) is 12.5. The Labute approximate surface area is 130 Å². The number of hydrogen-bond donors (Lipinski definition) is 0. The molecule has 1 heterocycles. The van der Waals surface area contributed by atoms with Crippen LogP contribution in [0.1, 0.15) is 29.8 Å². The molecule has 0 aliphatic carbocycles. The van der Waals surface area contributed by atoms with Crippen LogP contribution in [0.15, 0.2) is 53.4 Å². The first kappa shape index (κ1) is 14.8. The van der Waals surface area contributed by atoms with Crippen LogP contribution < -0.4 is 4.31 Å². The molecule has 0 bridgehead atoms. The van der Waals surface area contributed by atoms with Crippen LogP contribution in [0, 0.1) is 0 Å². The minimum Gasteiger partial charge on any atom is -0.295 e. The Morgan fingerprint density at radius 2 is 1.73 bits per heavy atom. The fourth-order valence-electron chi connectivity index (χ4n) is 2.88. The number of para-hydroxylation sites is 1. The van der Waals surface area contributed by atoms with Crippen molar-refractivity contribution >= 4 is 21.5 Å². The Morgan fingerprint density at radius 3 is 2.36 bits per heavy atom. The molecule has 4 nitrogen and oxygen atoms in total. The van der Waals surface area contributed by atoms with Gasteiger partial charge in [0.05, 0.1) is 10.6 Å². The summed E-state index contributed by atoms with van der Waals surface area (Å²) in [7, 11) is -3.62. The Balaban J connectivity index is 2.05. The van der Waals surface area contributed by atoms with Gasteiger partial charge in [-0.25, -0.2) is 8.42 Å². The number of anilines is 1. The Hall–Kier alpha value is -2.14. The summed E-state index contributed by atoms with van der Waals surface area (Å²) < 4.78 is 27.3. The highest BCUT2D eigenvalue weighted by Crippen LogP contribution is 2.36. The molecule has 1 aliphatic rings. The number of Topliss-reactive ketones (excluding diaryl/α,β-unsaturated/α-hetero) is 1. The molecule has 2 aromatic carbocycles. The van der Waals surface area contributed by atoms with Crippen molar-refractivity contribution in [3.05, 3.63) is 59.7 Å². The van der Waals surface area contributed by atoms with E-state index in [-0.39, 0.29) is 16.7 Å². The van der Waals surface area contributed by atoms with Crippen LogP contribution in [0.3, 0.4) is 0 Å². The summed E-state index contributed by atoms with van der Waals surface area (Å²) in [4.78, 5) is 11.5. The normalized spacial score (nSPS) is 17.4. The highest BCUT2D eigenvalue weighted by atomic mass is 32.2. The van der Waals surface area contributed by atoms with Gasteiger partial charge in [0.1, 0.15) is 0 Å². The standard InChI is InChI=1S/C17H17NO3S/c1-12-11-15-5-3-4-6-17(15)18(12)22(20,21)16-9-7-14(8-10-16)13(2)19/h3-10,12H,11H2,1-2H3. The summed E-state index contributed by atoms with van der Waals surface area (Å²) in [6.45, 7) is 3.36. The fraction of sp³-hybridized carbons (Fsp3) is 0.235. The Kier molecular flexibility index (Phi) is 3.53. The van der Waals surface area contributed by atoms with Crippen molar-refractivity contribution in [1.82, 2.24) is 0 Å². The number of fused-ring (bicyclic) bond motifs is 1. The lowest BCUT2D eigenvalue weighted by atomic mass is 10.1. The molecule has 22 heavy (non-hydrogen) atoms. The summed E-state index contributed by atoms with van der Waals surface area (Å²) in [6.07, 6.45) is 0.709. The van der Waals surface area contributed by atoms with Crippen molar-refractivity contribution in [1.29, 1.82) is 0 Å². The first-order chi connectivity index (χ1) is 10.4. The smallest absolute Gasteiger partial charge is 0.264 e. The molecular formula is C17H17NO3S. The van der Waals surface area contributed by atoms with Crippen molar-refractivity contribution in [3.63, 3.8) is 0 Å². The fourth-order valence-corrected chi connectivity index (χ4v) is 4.57. The van der Waals surface area contributed by atoms with Gasteiger partial charge in [0, 0.05) is 11.6 Å². The molecule has 0 amide bonds. The summed E-state index contributed by atoms with van der Waals surface area (Å²) in [6, 6.07) is 13.6. The monoisotopic (exact) mass is 315 g/mol. The third kappa shape index (κ3) is 2.31. The molecule has 0 radical (unpaired) electrons. The average Bonchev–Trinajstić information content (AvgIpc) is 2.83. The van der Waals surface area contributed by atoms with E-state index in [0.29, 0.717) is 12.0 Å². The lowest BCUT2D eigenvalue weighted by molar-refractivity contribution is 0.101. The molecule has 3 rings (SSSR count). The van der Waals surface area contributed by atoms with Crippen molar-refractivity contribution in [2.75, 3.05) is 4.31 Å². The number of carbonyl (C=O) groups excluding carboxylic acids is 1. The zero-order chi connectivity index (χ0) is 15.9. The number of ketones is 1. The van der Waals surface area contributed by atoms with Crippen molar-refractivity contribution in [3.8, 4) is 0 Å². The van der Waals surface area contributed by atoms with Gasteiger partial charge < -0.3 is 0 Å². The van der Waals surface area contributed by atoms with Crippen molar-refractivity contribution in [2.45, 2.75) is 31.2 Å². The van der Waals surface area contributed by atoms with Crippen molar-refractivity contribution in [2.24, 2.45) is 0 Å². The van der Waals surface area contributed by atoms with Gasteiger partial charge in [0.2, 0.25) is 0 Å². The molecule has 5 heteroatoms. The Bertz CT molecular complexity index is 825. The number of hydrogen-bond acceptors (Lipinski definition) is 3. The van der Waals surface area contributed by atoms with Crippen LogP contribution in [0.2, 0.25) is 0 Å². The van der Waals surface area contributed by atoms with E-state index in [2.05, 4.69) is 0 Å². The van der Waals surface area contributed by atoms with E-state index in [1.807, 2.05) is 31.2 Å². The average molecular weight is 315 g/mol. The van der Waals surface area contributed by atoms with Gasteiger partial charge >= 0.3 is 0 Å². The molecular weight excluding hydrogens is 298 g/mol. The zero-order valence-corrected chi connectivity index (χ0v) is 13.3. The SMILES string of the molecule is CC(=O)c1ccc(S(=O)(=O)N2c3ccccc3CC2C)cc1. The summed E-state index contributed by atoms with van der Waals surface area (Å²) >= 11 is 0. The highest BCUT2D eigenvalue weighted by molar-refractivity contribution is 7.92. The van der Waals surface area contributed by atoms with E-state index in [4.69, 9.17) is 0 Å². The predicted molar refractivity (Wildman–Crippen MR) is 85.7 cm³/mol. The quantitative estimate of drug-likeness (QED) is 0.818. The third-order valence-corrected chi connectivity index (χ3v) is 5.90. The van der Waals surface area contributed by atoms with E-state index in [1.165, 1.54) is 23.4 Å². The Morgan fingerprint density at radius 1 is 1.09 bits per heavy atom. The van der Waals surface area contributed by atoms with Gasteiger partial charge in [0.25, 0.3) is 10.0 Å². The lowest BCUT2D eigenvalue weighted by Crippen LogP contribution is -2.35. The molecule has 0 N–H and O–H groups in total. The van der Waals surface area contributed by atoms with Gasteiger partial charge in [-0.2, -0.15) is 0 Å². The maximum atomic E-state index is 12.9. The number of nitrogens with zero attached hydrogens (tertiary/aromatic N) is 1. The highest BCUT2D eigenvalue weighted by Gasteiger charge is 2.35. The van der Waals surface area contributed by atoms with Crippen molar-refractivity contribution < 1.29 is 13.2 Å². The number of rotatable bonds is 3. The second-order valence-corrected chi connectivity index (χ2v) is 7.38. The first-order valence-corrected chi connectivity index (χ1v) is 8.58. The van der Waals surface area contributed by atoms with Crippen LogP contribution in [0.25, 0.3) is 0 Å². The van der Waals surface area contributed by atoms with E-state index in [0.717, 1.165) is 11.3 Å². The predicted octanol–water partition coefficient (Wildman–Crippen LogP) is 3.03. The topological polar surface area (TPSA) is 54.5 Å². The summed E-state index contributed by atoms with van der Waals surface area (Å²) in [5, 5.41) is 0. The van der Waals surface area contributed by atoms with Crippen LogP contribution in [0.4, 0.5) is 5.69 Å². The molecule has 0 fully saturated rings. The number of carbonyl (C=O) groups is 1. The van der Waals surface area contributed by atoms with Crippen LogP contribution in [-0.4, -0.2) is 20.2 Å². The minimum absolute atomic E-state index is 0.0798. The third-order valence-electron chi connectivity index (χ3n) is 3.96. The van der Waals surface area contributed by atoms with Crippen LogP contribution in [-0.2, 0) is 16.4 Å². The van der Waals surface area contributed by atoms with Gasteiger partial charge in [-0.05, 0) is 44.0 Å².